The Bertz CT molecular complexity index is 512. The molecule has 1 N–H and O–H groups in total. The maximum absolute atomic E-state index is 12.6. The van der Waals surface area contributed by atoms with Crippen LogP contribution in [0.3, 0.4) is 0 Å². The van der Waals surface area contributed by atoms with Gasteiger partial charge in [-0.1, -0.05) is 25.8 Å². The first-order valence-corrected chi connectivity index (χ1v) is 7.79. The normalized spacial score (nSPS) is 24.9. The summed E-state index contributed by atoms with van der Waals surface area (Å²) in [6, 6.07) is 6.51. The van der Waals surface area contributed by atoms with E-state index in [-0.39, 0.29) is 5.91 Å². The first kappa shape index (κ1) is 13.5. The fourth-order valence-electron chi connectivity index (χ4n) is 3.55. The van der Waals surface area contributed by atoms with E-state index in [1.165, 1.54) is 18.4 Å². The Kier molecular flexibility index (Phi) is 3.68. The van der Waals surface area contributed by atoms with Crippen molar-refractivity contribution in [1.82, 2.24) is 4.90 Å². The molecule has 0 radical (unpaired) electrons. The van der Waals surface area contributed by atoms with E-state index >= 15 is 0 Å². The fourth-order valence-corrected chi connectivity index (χ4v) is 3.55. The van der Waals surface area contributed by atoms with Crippen LogP contribution in [0.4, 0.5) is 5.69 Å². The molecule has 2 unspecified atom stereocenters. The second kappa shape index (κ2) is 5.47. The van der Waals surface area contributed by atoms with Crippen molar-refractivity contribution in [2.75, 3.05) is 18.9 Å². The van der Waals surface area contributed by atoms with Crippen LogP contribution in [-0.2, 0) is 6.42 Å². The fraction of sp³-hybridized carbons (Fsp3) is 0.588. The molecule has 108 valence electrons. The number of nitrogens with one attached hydrogen (secondary N) is 1. The lowest BCUT2D eigenvalue weighted by molar-refractivity contribution is 0.0672. The Morgan fingerprint density at radius 1 is 1.35 bits per heavy atom. The van der Waals surface area contributed by atoms with E-state index in [4.69, 9.17) is 0 Å². The summed E-state index contributed by atoms with van der Waals surface area (Å²) in [5, 5.41) is 3.35. The Balaban J connectivity index is 1.74. The van der Waals surface area contributed by atoms with Crippen LogP contribution in [0.25, 0.3) is 0 Å². The molecule has 1 fully saturated rings. The summed E-state index contributed by atoms with van der Waals surface area (Å²) in [4.78, 5) is 14.6. The molecule has 1 aliphatic heterocycles. The van der Waals surface area contributed by atoms with Crippen LogP contribution >= 0.6 is 0 Å². The monoisotopic (exact) mass is 272 g/mol. The molecule has 3 rings (SSSR count). The summed E-state index contributed by atoms with van der Waals surface area (Å²) in [6.45, 7) is 3.28. The van der Waals surface area contributed by atoms with Gasteiger partial charge in [-0.3, -0.25) is 4.79 Å². The number of anilines is 1. The van der Waals surface area contributed by atoms with Crippen LogP contribution in [0.5, 0.6) is 0 Å². The Hall–Kier alpha value is -1.51. The molecule has 0 bridgehead atoms. The second-order valence-electron chi connectivity index (χ2n) is 6.39. The minimum Gasteiger partial charge on any atom is -0.384 e. The molecule has 0 aromatic heterocycles. The van der Waals surface area contributed by atoms with Crippen LogP contribution in [-0.4, -0.2) is 30.4 Å². The molecule has 1 saturated carbocycles. The van der Waals surface area contributed by atoms with Gasteiger partial charge in [0, 0.05) is 30.9 Å². The number of rotatable bonds is 2. The molecule has 2 atom stereocenters. The van der Waals surface area contributed by atoms with Crippen LogP contribution in [0.15, 0.2) is 18.2 Å². The molecule has 3 nitrogen and oxygen atoms in total. The van der Waals surface area contributed by atoms with Crippen molar-refractivity contribution in [3.63, 3.8) is 0 Å². The van der Waals surface area contributed by atoms with Gasteiger partial charge in [0.1, 0.15) is 0 Å². The van der Waals surface area contributed by atoms with E-state index in [1.54, 1.807) is 0 Å². The quantitative estimate of drug-likeness (QED) is 0.896. The lowest BCUT2D eigenvalue weighted by Crippen LogP contribution is -2.39. The number of amides is 1. The highest BCUT2D eigenvalue weighted by atomic mass is 16.2. The average molecular weight is 272 g/mol. The van der Waals surface area contributed by atoms with Crippen LogP contribution in [0, 0.1) is 5.92 Å². The zero-order chi connectivity index (χ0) is 14.1. The molecular formula is C17H24N2O. The Morgan fingerprint density at radius 3 is 3.00 bits per heavy atom. The van der Waals surface area contributed by atoms with Gasteiger partial charge in [0.25, 0.3) is 5.91 Å². The smallest absolute Gasteiger partial charge is 0.253 e. The first-order chi connectivity index (χ1) is 9.65. The van der Waals surface area contributed by atoms with Crippen LogP contribution < -0.4 is 5.32 Å². The number of carbonyl (C=O) groups is 1. The predicted molar refractivity (Wildman–Crippen MR) is 82.1 cm³/mol. The summed E-state index contributed by atoms with van der Waals surface area (Å²) in [5.74, 6) is 0.909. The van der Waals surface area contributed by atoms with Crippen molar-refractivity contribution >= 4 is 11.6 Å². The first-order valence-electron chi connectivity index (χ1n) is 7.79. The number of benzene rings is 1. The number of nitrogens with zero attached hydrogens (tertiary/aromatic N) is 1. The number of hydrogen-bond donors (Lipinski definition) is 1. The van der Waals surface area contributed by atoms with E-state index in [2.05, 4.69) is 18.3 Å². The van der Waals surface area contributed by atoms with Crippen molar-refractivity contribution in [2.45, 2.75) is 45.1 Å². The highest BCUT2D eigenvalue weighted by Gasteiger charge is 2.26. The highest BCUT2D eigenvalue weighted by Crippen LogP contribution is 2.28. The lowest BCUT2D eigenvalue weighted by Gasteiger charge is -2.34. The highest BCUT2D eigenvalue weighted by molar-refractivity contribution is 5.95. The Labute approximate surface area is 121 Å². The van der Waals surface area contributed by atoms with Crippen molar-refractivity contribution in [1.29, 1.82) is 0 Å². The van der Waals surface area contributed by atoms with Crippen LogP contribution in [0.2, 0.25) is 0 Å². The molecule has 1 heterocycles. The maximum atomic E-state index is 12.6. The van der Waals surface area contributed by atoms with Gasteiger partial charge < -0.3 is 10.2 Å². The molecule has 3 heteroatoms. The third-order valence-corrected chi connectivity index (χ3v) is 4.84. The van der Waals surface area contributed by atoms with Gasteiger partial charge in [0.2, 0.25) is 0 Å². The average Bonchev–Trinajstić information content (AvgIpc) is 2.93. The van der Waals surface area contributed by atoms with E-state index in [9.17, 15) is 4.79 Å². The van der Waals surface area contributed by atoms with Crippen molar-refractivity contribution < 1.29 is 4.79 Å². The number of hydrogen-bond acceptors (Lipinski definition) is 2. The van der Waals surface area contributed by atoms with Gasteiger partial charge in [-0.2, -0.15) is 0 Å². The molecule has 1 aliphatic carbocycles. The van der Waals surface area contributed by atoms with Gasteiger partial charge in [-0.15, -0.1) is 0 Å². The third-order valence-electron chi connectivity index (χ3n) is 4.84. The minimum absolute atomic E-state index is 0.167. The van der Waals surface area contributed by atoms with Gasteiger partial charge in [-0.25, -0.2) is 0 Å². The van der Waals surface area contributed by atoms with Gasteiger partial charge in [-0.05, 0) is 42.9 Å². The van der Waals surface area contributed by atoms with E-state index < -0.39 is 0 Å². The molecule has 2 aliphatic rings. The predicted octanol–water partition coefficient (Wildman–Crippen LogP) is 3.31. The Morgan fingerprint density at radius 2 is 2.20 bits per heavy atom. The molecular weight excluding hydrogens is 248 g/mol. The molecule has 0 spiro atoms. The van der Waals surface area contributed by atoms with Gasteiger partial charge in [0.05, 0.1) is 0 Å². The third kappa shape index (κ3) is 2.54. The molecule has 1 aromatic carbocycles. The van der Waals surface area contributed by atoms with Crippen LogP contribution in [0.1, 0.15) is 48.5 Å². The van der Waals surface area contributed by atoms with Crippen molar-refractivity contribution in [3.05, 3.63) is 29.3 Å². The minimum atomic E-state index is 0.167. The molecule has 1 amide bonds. The SMILES string of the molecule is CC1CCCC(N(C)C(=O)c2ccc3c(c2)NCC3)C1. The van der Waals surface area contributed by atoms with E-state index in [0.29, 0.717) is 6.04 Å². The lowest BCUT2D eigenvalue weighted by atomic mass is 9.86. The van der Waals surface area contributed by atoms with Crippen molar-refractivity contribution in [2.24, 2.45) is 5.92 Å². The zero-order valence-electron chi connectivity index (χ0n) is 12.5. The number of carbonyl (C=O) groups excluding carboxylic acids is 1. The zero-order valence-corrected chi connectivity index (χ0v) is 12.5. The van der Waals surface area contributed by atoms with E-state index in [1.807, 2.05) is 24.1 Å². The summed E-state index contributed by atoms with van der Waals surface area (Å²) in [6.07, 6.45) is 5.91. The summed E-state index contributed by atoms with van der Waals surface area (Å²) >= 11 is 0. The van der Waals surface area contributed by atoms with Gasteiger partial charge in [0.15, 0.2) is 0 Å². The van der Waals surface area contributed by atoms with Crippen molar-refractivity contribution in [3.8, 4) is 0 Å². The maximum Gasteiger partial charge on any atom is 0.253 e. The molecule has 0 saturated heterocycles. The standard InChI is InChI=1S/C17H24N2O/c1-12-4-3-5-15(10-12)19(2)17(20)14-7-6-13-8-9-18-16(13)11-14/h6-7,11-12,15,18H,3-5,8-10H2,1-2H3. The van der Waals surface area contributed by atoms with E-state index in [0.717, 1.165) is 43.0 Å². The van der Waals surface area contributed by atoms with Gasteiger partial charge >= 0.3 is 0 Å². The summed E-state index contributed by atoms with van der Waals surface area (Å²) in [5.41, 5.74) is 3.29. The molecule has 20 heavy (non-hydrogen) atoms. The summed E-state index contributed by atoms with van der Waals surface area (Å²) in [7, 11) is 1.96. The largest absolute Gasteiger partial charge is 0.384 e. The second-order valence-corrected chi connectivity index (χ2v) is 6.39. The summed E-state index contributed by atoms with van der Waals surface area (Å²) < 4.78 is 0. The number of fused-ring (bicyclic) bond motifs is 1. The molecule has 1 aromatic rings. The topological polar surface area (TPSA) is 32.3 Å².